The molecule has 2 aromatic heterocycles. The molecule has 1 amide bonds. The minimum absolute atomic E-state index is 0.243. The number of hydrogen-bond acceptors (Lipinski definition) is 4. The molecule has 2 aromatic rings. The van der Waals surface area contributed by atoms with Crippen LogP contribution in [0.3, 0.4) is 0 Å². The Morgan fingerprint density at radius 2 is 2.14 bits per heavy atom. The van der Waals surface area contributed by atoms with Gasteiger partial charge in [0.25, 0.3) is 11.7 Å². The fourth-order valence-corrected chi connectivity index (χ4v) is 3.85. The van der Waals surface area contributed by atoms with Crippen LogP contribution in [0.15, 0.2) is 18.3 Å². The van der Waals surface area contributed by atoms with Crippen molar-refractivity contribution in [3.63, 3.8) is 0 Å². The van der Waals surface area contributed by atoms with Gasteiger partial charge in [0.1, 0.15) is 5.01 Å². The molecule has 0 aromatic carbocycles. The lowest BCUT2D eigenvalue weighted by molar-refractivity contribution is -0.117. The van der Waals surface area contributed by atoms with E-state index in [4.69, 9.17) is 0 Å². The maximum Gasteiger partial charge on any atom is 0.294 e. The molecular weight excluding hydrogens is 298 g/mol. The van der Waals surface area contributed by atoms with Crippen molar-refractivity contribution in [3.05, 3.63) is 39.6 Å². The van der Waals surface area contributed by atoms with Crippen LogP contribution in [0, 0.1) is 0 Å². The SMILES string of the molecule is CC(NC(=O)C(=O)c1cccn1C)c1nc2c(s1)CCCC2. The molecule has 0 bridgehead atoms. The van der Waals surface area contributed by atoms with Crippen molar-refractivity contribution in [3.8, 4) is 0 Å². The zero-order valence-electron chi connectivity index (χ0n) is 12.8. The first kappa shape index (κ1) is 15.0. The third-order valence-corrected chi connectivity index (χ3v) is 5.30. The Hall–Kier alpha value is -1.95. The largest absolute Gasteiger partial charge is 0.348 e. The smallest absolute Gasteiger partial charge is 0.294 e. The highest BCUT2D eigenvalue weighted by molar-refractivity contribution is 7.11. The number of nitrogens with one attached hydrogen (secondary N) is 1. The average Bonchev–Trinajstić information content (AvgIpc) is 3.12. The van der Waals surface area contributed by atoms with Crippen LogP contribution in [0.2, 0.25) is 0 Å². The monoisotopic (exact) mass is 317 g/mol. The number of carbonyl (C=O) groups is 2. The summed E-state index contributed by atoms with van der Waals surface area (Å²) in [5.41, 5.74) is 1.56. The molecule has 1 atom stereocenters. The van der Waals surface area contributed by atoms with Crippen molar-refractivity contribution >= 4 is 23.0 Å². The molecule has 1 N–H and O–H groups in total. The average molecular weight is 317 g/mol. The van der Waals surface area contributed by atoms with Gasteiger partial charge < -0.3 is 9.88 Å². The fraction of sp³-hybridized carbons (Fsp3) is 0.438. The topological polar surface area (TPSA) is 64.0 Å². The van der Waals surface area contributed by atoms with Crippen molar-refractivity contribution < 1.29 is 9.59 Å². The molecule has 1 unspecified atom stereocenters. The van der Waals surface area contributed by atoms with E-state index in [1.54, 1.807) is 41.3 Å². The van der Waals surface area contributed by atoms with Crippen molar-refractivity contribution in [2.45, 2.75) is 38.6 Å². The number of carbonyl (C=O) groups excluding carboxylic acids is 2. The second-order valence-electron chi connectivity index (χ2n) is 5.66. The van der Waals surface area contributed by atoms with Crippen molar-refractivity contribution in [1.29, 1.82) is 0 Å². The van der Waals surface area contributed by atoms with E-state index in [1.165, 1.54) is 23.4 Å². The van der Waals surface area contributed by atoms with Crippen LogP contribution >= 0.6 is 11.3 Å². The Morgan fingerprint density at radius 3 is 2.82 bits per heavy atom. The number of amides is 1. The summed E-state index contributed by atoms with van der Waals surface area (Å²) in [5.74, 6) is -1.09. The van der Waals surface area contributed by atoms with Gasteiger partial charge in [0.15, 0.2) is 0 Å². The van der Waals surface area contributed by atoms with Gasteiger partial charge in [-0.15, -0.1) is 11.3 Å². The first-order valence-electron chi connectivity index (χ1n) is 7.51. The van der Waals surface area contributed by atoms with E-state index in [1.807, 2.05) is 6.92 Å². The molecule has 2 heterocycles. The van der Waals surface area contributed by atoms with Crippen LogP contribution in [-0.2, 0) is 24.7 Å². The van der Waals surface area contributed by atoms with E-state index < -0.39 is 11.7 Å². The molecule has 6 heteroatoms. The summed E-state index contributed by atoms with van der Waals surface area (Å²) < 4.78 is 1.65. The van der Waals surface area contributed by atoms with Crippen molar-refractivity contribution in [2.75, 3.05) is 0 Å². The number of rotatable bonds is 4. The van der Waals surface area contributed by atoms with Gasteiger partial charge in [-0.25, -0.2) is 4.98 Å². The highest BCUT2D eigenvalue weighted by Gasteiger charge is 2.23. The quantitative estimate of drug-likeness (QED) is 0.696. The Bertz CT molecular complexity index is 693. The summed E-state index contributed by atoms with van der Waals surface area (Å²) in [5, 5.41) is 3.66. The number of aryl methyl sites for hydroxylation is 3. The molecule has 0 aliphatic heterocycles. The molecule has 3 rings (SSSR count). The first-order chi connectivity index (χ1) is 10.6. The second-order valence-corrected chi connectivity index (χ2v) is 6.77. The maximum atomic E-state index is 12.1. The molecule has 0 spiro atoms. The van der Waals surface area contributed by atoms with Crippen molar-refractivity contribution in [1.82, 2.24) is 14.9 Å². The highest BCUT2D eigenvalue weighted by atomic mass is 32.1. The third kappa shape index (κ3) is 2.83. The lowest BCUT2D eigenvalue weighted by Gasteiger charge is -2.10. The first-order valence-corrected chi connectivity index (χ1v) is 8.33. The lowest BCUT2D eigenvalue weighted by atomic mass is 10.0. The normalized spacial score (nSPS) is 15.2. The number of hydrogen-bond donors (Lipinski definition) is 1. The Morgan fingerprint density at radius 1 is 1.36 bits per heavy atom. The van der Waals surface area contributed by atoms with E-state index >= 15 is 0 Å². The standard InChI is InChI=1S/C16H19N3O2S/c1-10(16-18-11-6-3-4-8-13(11)22-16)17-15(21)14(20)12-7-5-9-19(12)2/h5,7,9-10H,3-4,6,8H2,1-2H3,(H,17,21). The Labute approximate surface area is 133 Å². The van der Waals surface area contributed by atoms with E-state index in [0.29, 0.717) is 5.69 Å². The summed E-state index contributed by atoms with van der Waals surface area (Å²) in [6.45, 7) is 1.88. The molecule has 0 radical (unpaired) electrons. The van der Waals surface area contributed by atoms with Crippen LogP contribution in [0.1, 0.15) is 51.9 Å². The van der Waals surface area contributed by atoms with Gasteiger partial charge in [0, 0.05) is 18.1 Å². The van der Waals surface area contributed by atoms with Crippen LogP contribution < -0.4 is 5.32 Å². The van der Waals surface area contributed by atoms with Crippen LogP contribution in [0.4, 0.5) is 0 Å². The van der Waals surface area contributed by atoms with Crippen LogP contribution in [0.5, 0.6) is 0 Å². The number of ketones is 1. The summed E-state index contributed by atoms with van der Waals surface area (Å²) in [4.78, 5) is 30.2. The van der Waals surface area contributed by atoms with Gasteiger partial charge in [-0.2, -0.15) is 0 Å². The molecule has 22 heavy (non-hydrogen) atoms. The predicted octanol–water partition coefficient (Wildman–Crippen LogP) is 2.42. The van der Waals surface area contributed by atoms with Gasteiger partial charge in [0.2, 0.25) is 0 Å². The molecule has 0 fully saturated rings. The number of nitrogens with zero attached hydrogens (tertiary/aromatic N) is 2. The number of Topliss-reactive ketones (excluding diaryl/α,β-unsaturated/α-hetero) is 1. The zero-order chi connectivity index (χ0) is 15.7. The number of thiazole rings is 1. The minimum atomic E-state index is -0.581. The molecular formula is C16H19N3O2S. The Balaban J connectivity index is 1.70. The fourth-order valence-electron chi connectivity index (χ4n) is 2.69. The summed E-state index contributed by atoms with van der Waals surface area (Å²) >= 11 is 1.66. The molecule has 1 aliphatic carbocycles. The van der Waals surface area contributed by atoms with E-state index in [9.17, 15) is 9.59 Å². The molecule has 1 aliphatic rings. The zero-order valence-corrected chi connectivity index (χ0v) is 13.6. The van der Waals surface area contributed by atoms with E-state index in [2.05, 4.69) is 10.3 Å². The van der Waals surface area contributed by atoms with E-state index in [-0.39, 0.29) is 6.04 Å². The molecule has 116 valence electrons. The van der Waals surface area contributed by atoms with E-state index in [0.717, 1.165) is 17.8 Å². The van der Waals surface area contributed by atoms with Gasteiger partial charge in [-0.05, 0) is 44.7 Å². The minimum Gasteiger partial charge on any atom is -0.348 e. The van der Waals surface area contributed by atoms with Crippen molar-refractivity contribution in [2.24, 2.45) is 7.05 Å². The predicted molar refractivity (Wildman–Crippen MR) is 85.1 cm³/mol. The number of fused-ring (bicyclic) bond motifs is 1. The van der Waals surface area contributed by atoms with Gasteiger partial charge >= 0.3 is 0 Å². The van der Waals surface area contributed by atoms with Crippen LogP contribution in [-0.4, -0.2) is 21.2 Å². The molecule has 5 nitrogen and oxygen atoms in total. The van der Waals surface area contributed by atoms with Crippen LogP contribution in [0.25, 0.3) is 0 Å². The van der Waals surface area contributed by atoms with Gasteiger partial charge in [-0.1, -0.05) is 0 Å². The maximum absolute atomic E-state index is 12.1. The lowest BCUT2D eigenvalue weighted by Crippen LogP contribution is -2.34. The molecule has 0 saturated carbocycles. The Kier molecular flexibility index (Phi) is 4.11. The summed E-state index contributed by atoms with van der Waals surface area (Å²) in [6, 6.07) is 3.15. The second kappa shape index (κ2) is 6.04. The summed E-state index contributed by atoms with van der Waals surface area (Å²) in [6.07, 6.45) is 6.24. The summed E-state index contributed by atoms with van der Waals surface area (Å²) in [7, 11) is 1.75. The van der Waals surface area contributed by atoms with Gasteiger partial charge in [0.05, 0.1) is 17.4 Å². The number of aromatic nitrogens is 2. The third-order valence-electron chi connectivity index (χ3n) is 3.96. The molecule has 0 saturated heterocycles. The highest BCUT2D eigenvalue weighted by Crippen LogP contribution is 2.29. The van der Waals surface area contributed by atoms with Gasteiger partial charge in [-0.3, -0.25) is 9.59 Å².